The number of nitrogens with zero attached hydrogens (tertiary/aromatic N) is 3. The number of rotatable bonds is 4. The van der Waals surface area contributed by atoms with Gasteiger partial charge >= 0.3 is 0 Å². The van der Waals surface area contributed by atoms with Crippen LogP contribution < -0.4 is 4.74 Å². The zero-order chi connectivity index (χ0) is 22.4. The van der Waals surface area contributed by atoms with Gasteiger partial charge in [-0.2, -0.15) is 0 Å². The van der Waals surface area contributed by atoms with Crippen molar-refractivity contribution in [3.63, 3.8) is 0 Å². The topological polar surface area (TPSA) is 77.9 Å². The second kappa shape index (κ2) is 7.87. The van der Waals surface area contributed by atoms with Crippen LogP contribution in [0, 0.1) is 18.2 Å². The molecule has 1 saturated heterocycles. The summed E-state index contributed by atoms with van der Waals surface area (Å²) in [4.78, 5) is 15.7. The number of hydrogen-bond acceptors (Lipinski definition) is 5. The van der Waals surface area contributed by atoms with Gasteiger partial charge in [-0.05, 0) is 43.2 Å². The van der Waals surface area contributed by atoms with Crippen molar-refractivity contribution in [3.8, 4) is 16.2 Å². The van der Waals surface area contributed by atoms with Crippen LogP contribution in [0.1, 0.15) is 29.0 Å². The van der Waals surface area contributed by atoms with Crippen molar-refractivity contribution in [1.29, 1.82) is 5.41 Å². The summed E-state index contributed by atoms with van der Waals surface area (Å²) in [6.07, 6.45) is 0.703. The highest BCUT2D eigenvalue weighted by atomic mass is 32.1. The summed E-state index contributed by atoms with van der Waals surface area (Å²) < 4.78 is 18.8. The number of fused-ring (bicyclic) bond motifs is 1. The van der Waals surface area contributed by atoms with Gasteiger partial charge in [0.15, 0.2) is 0 Å². The van der Waals surface area contributed by atoms with Crippen LogP contribution in [0.15, 0.2) is 54.6 Å². The van der Waals surface area contributed by atoms with E-state index < -0.39 is 0 Å². The molecule has 0 amide bonds. The third-order valence-corrected chi connectivity index (χ3v) is 6.65. The van der Waals surface area contributed by atoms with Gasteiger partial charge in [-0.25, -0.2) is 14.4 Å². The van der Waals surface area contributed by atoms with Crippen molar-refractivity contribution in [2.75, 3.05) is 13.7 Å². The molecule has 32 heavy (non-hydrogen) atoms. The maximum absolute atomic E-state index is 13.4. The number of methoxy groups -OCH3 is 1. The second-order valence-corrected chi connectivity index (χ2v) is 9.07. The first-order valence-corrected chi connectivity index (χ1v) is 11.0. The van der Waals surface area contributed by atoms with E-state index in [1.54, 1.807) is 19.2 Å². The molecule has 0 spiro atoms. The number of aryl methyl sites for hydroxylation is 1. The Balaban J connectivity index is 1.52. The lowest BCUT2D eigenvalue weighted by atomic mass is 10.1. The molecule has 0 bridgehead atoms. The van der Waals surface area contributed by atoms with E-state index in [1.165, 1.54) is 23.5 Å². The van der Waals surface area contributed by atoms with Crippen LogP contribution in [0.2, 0.25) is 0 Å². The Labute approximate surface area is 188 Å². The van der Waals surface area contributed by atoms with E-state index >= 15 is 0 Å². The van der Waals surface area contributed by atoms with E-state index in [-0.39, 0.29) is 11.9 Å². The van der Waals surface area contributed by atoms with Gasteiger partial charge in [0, 0.05) is 12.6 Å². The highest BCUT2D eigenvalue weighted by molar-refractivity contribution is 7.15. The summed E-state index contributed by atoms with van der Waals surface area (Å²) in [5, 5.41) is 9.89. The quantitative estimate of drug-likeness (QED) is 0.247. The average molecular weight is 448 g/mol. The van der Waals surface area contributed by atoms with Gasteiger partial charge < -0.3 is 14.6 Å². The fourth-order valence-electron chi connectivity index (χ4n) is 4.09. The summed E-state index contributed by atoms with van der Waals surface area (Å²) >= 11 is 1.51. The van der Waals surface area contributed by atoms with Crippen molar-refractivity contribution < 1.29 is 9.13 Å². The first-order chi connectivity index (χ1) is 15.4. The van der Waals surface area contributed by atoms with Gasteiger partial charge in [0.25, 0.3) is 0 Å². The molecular formula is C24H22FN5OS. The Kier molecular flexibility index (Phi) is 5.01. The van der Waals surface area contributed by atoms with Crippen LogP contribution in [0.5, 0.6) is 5.75 Å². The molecule has 1 unspecified atom stereocenters. The molecular weight excluding hydrogens is 425 g/mol. The molecule has 4 aromatic rings. The fraction of sp³-hybridized carbons (Fsp3) is 0.208. The van der Waals surface area contributed by atoms with Crippen LogP contribution in [0.3, 0.4) is 0 Å². The molecule has 0 saturated carbocycles. The van der Waals surface area contributed by atoms with E-state index in [0.717, 1.165) is 43.6 Å². The summed E-state index contributed by atoms with van der Waals surface area (Å²) in [6, 6.07) is 11.9. The van der Waals surface area contributed by atoms with Crippen molar-refractivity contribution in [1.82, 2.24) is 19.9 Å². The molecule has 1 aliphatic rings. The minimum absolute atomic E-state index is 0.142. The largest absolute Gasteiger partial charge is 0.497 e. The first-order valence-electron chi connectivity index (χ1n) is 10.2. The molecule has 5 rings (SSSR count). The number of aromatic amines is 1. The fourth-order valence-corrected chi connectivity index (χ4v) is 5.02. The number of ether oxygens (including phenoxy) is 1. The molecule has 6 nitrogen and oxygen atoms in total. The Hall–Kier alpha value is -3.52. The van der Waals surface area contributed by atoms with E-state index in [9.17, 15) is 4.39 Å². The van der Waals surface area contributed by atoms with Crippen LogP contribution in [-0.4, -0.2) is 39.3 Å². The normalized spacial score (nSPS) is 16.2. The van der Waals surface area contributed by atoms with Gasteiger partial charge in [-0.1, -0.05) is 24.3 Å². The van der Waals surface area contributed by atoms with Crippen molar-refractivity contribution in [3.05, 3.63) is 77.0 Å². The number of likely N-dealkylation sites (tertiary alicyclic amines) is 1. The SMILES string of the molecule is C=C1CC(c2nc3ccc(OC)cc3[nH]2)N(C(=N)c2nc(C)sc2-c2ccc(F)cc2)C1. The summed E-state index contributed by atoms with van der Waals surface area (Å²) in [5.74, 6) is 1.57. The van der Waals surface area contributed by atoms with E-state index in [4.69, 9.17) is 15.1 Å². The predicted molar refractivity (Wildman–Crippen MR) is 125 cm³/mol. The molecule has 0 aliphatic carbocycles. The van der Waals surface area contributed by atoms with Crippen molar-refractivity contribution >= 4 is 28.2 Å². The minimum Gasteiger partial charge on any atom is -0.497 e. The molecule has 0 radical (unpaired) electrons. The smallest absolute Gasteiger partial charge is 0.149 e. The standard InChI is InChI=1S/C24H22FN5OS/c1-13-10-20(24-28-18-9-8-17(31-3)11-19(18)29-24)30(12-13)23(26)21-22(32-14(2)27-21)15-4-6-16(25)7-5-15/h4-9,11,20,26H,1,10,12H2,2-3H3,(H,28,29). The number of thiazole rings is 1. The number of hydrogen-bond donors (Lipinski definition) is 2. The summed E-state index contributed by atoms with van der Waals surface area (Å²) in [6.45, 7) is 6.65. The summed E-state index contributed by atoms with van der Waals surface area (Å²) in [5.41, 5.74) is 4.22. The van der Waals surface area contributed by atoms with Gasteiger partial charge in [-0.3, -0.25) is 5.41 Å². The number of imidazole rings is 1. The molecule has 2 aromatic heterocycles. The number of halogens is 1. The second-order valence-electron chi connectivity index (χ2n) is 7.87. The number of H-pyrrole nitrogens is 1. The molecule has 1 atom stereocenters. The molecule has 2 aromatic carbocycles. The molecule has 2 N–H and O–H groups in total. The molecule has 8 heteroatoms. The third-order valence-electron chi connectivity index (χ3n) is 5.63. The van der Waals surface area contributed by atoms with Crippen LogP contribution >= 0.6 is 11.3 Å². The molecule has 1 aliphatic heterocycles. The predicted octanol–water partition coefficient (Wildman–Crippen LogP) is 5.47. The Morgan fingerprint density at radius 1 is 1.25 bits per heavy atom. The Morgan fingerprint density at radius 2 is 2.03 bits per heavy atom. The maximum atomic E-state index is 13.4. The highest BCUT2D eigenvalue weighted by Crippen LogP contribution is 2.38. The molecule has 162 valence electrons. The Morgan fingerprint density at radius 3 is 2.78 bits per heavy atom. The van der Waals surface area contributed by atoms with Crippen LogP contribution in [0.25, 0.3) is 21.5 Å². The zero-order valence-corrected chi connectivity index (χ0v) is 18.6. The number of benzene rings is 2. The minimum atomic E-state index is -0.288. The van der Waals surface area contributed by atoms with E-state index in [0.29, 0.717) is 24.5 Å². The lowest BCUT2D eigenvalue weighted by Crippen LogP contribution is -2.31. The zero-order valence-electron chi connectivity index (χ0n) is 17.8. The van der Waals surface area contributed by atoms with E-state index in [2.05, 4.69) is 16.5 Å². The van der Waals surface area contributed by atoms with Crippen molar-refractivity contribution in [2.24, 2.45) is 0 Å². The third kappa shape index (κ3) is 3.56. The van der Waals surface area contributed by atoms with Crippen LogP contribution in [0.4, 0.5) is 4.39 Å². The maximum Gasteiger partial charge on any atom is 0.149 e. The Bertz CT molecular complexity index is 1340. The van der Waals surface area contributed by atoms with Gasteiger partial charge in [0.05, 0.1) is 34.1 Å². The lowest BCUT2D eigenvalue weighted by molar-refractivity contribution is 0.385. The monoisotopic (exact) mass is 447 g/mol. The summed E-state index contributed by atoms with van der Waals surface area (Å²) in [7, 11) is 1.64. The number of amidine groups is 1. The van der Waals surface area contributed by atoms with Crippen LogP contribution in [-0.2, 0) is 0 Å². The van der Waals surface area contributed by atoms with Gasteiger partial charge in [-0.15, -0.1) is 11.3 Å². The number of aromatic nitrogens is 3. The van der Waals surface area contributed by atoms with Gasteiger partial charge in [0.2, 0.25) is 0 Å². The van der Waals surface area contributed by atoms with E-state index in [1.807, 2.05) is 30.0 Å². The first kappa shape index (κ1) is 20.4. The van der Waals surface area contributed by atoms with Gasteiger partial charge in [0.1, 0.15) is 28.9 Å². The molecule has 1 fully saturated rings. The lowest BCUT2D eigenvalue weighted by Gasteiger charge is -2.25. The van der Waals surface area contributed by atoms with Crippen molar-refractivity contribution in [2.45, 2.75) is 19.4 Å². The highest BCUT2D eigenvalue weighted by Gasteiger charge is 2.34. The number of nitrogens with one attached hydrogen (secondary N) is 2. The average Bonchev–Trinajstić information content (AvgIpc) is 3.49. The molecule has 3 heterocycles.